The highest BCUT2D eigenvalue weighted by molar-refractivity contribution is 5.40. The van der Waals surface area contributed by atoms with E-state index in [2.05, 4.69) is 4.98 Å². The fraction of sp³-hybridized carbons (Fsp3) is 0.545. The average molecular weight is 247 g/mol. The quantitative estimate of drug-likeness (QED) is 0.887. The summed E-state index contributed by atoms with van der Waals surface area (Å²) in [5.41, 5.74) is 7.14. The van der Waals surface area contributed by atoms with Gasteiger partial charge in [-0.25, -0.2) is 4.98 Å². The van der Waals surface area contributed by atoms with Crippen molar-refractivity contribution in [2.75, 3.05) is 18.5 Å². The van der Waals surface area contributed by atoms with E-state index in [-0.39, 0.29) is 6.54 Å². The topological polar surface area (TPSA) is 42.2 Å². The first-order valence-corrected chi connectivity index (χ1v) is 5.28. The van der Waals surface area contributed by atoms with Crippen molar-refractivity contribution in [2.45, 2.75) is 26.1 Å². The summed E-state index contributed by atoms with van der Waals surface area (Å²) in [6, 6.07) is 3.48. The lowest BCUT2D eigenvalue weighted by Gasteiger charge is -2.20. The lowest BCUT2D eigenvalue weighted by atomic mass is 10.2. The Balaban J connectivity index is 2.69. The predicted molar refractivity (Wildman–Crippen MR) is 60.8 cm³/mol. The molecule has 0 aliphatic rings. The highest BCUT2D eigenvalue weighted by atomic mass is 19.4. The summed E-state index contributed by atoms with van der Waals surface area (Å²) >= 11 is 0. The van der Waals surface area contributed by atoms with Crippen LogP contribution in [0, 0.1) is 6.92 Å². The van der Waals surface area contributed by atoms with Crippen molar-refractivity contribution in [3.8, 4) is 0 Å². The van der Waals surface area contributed by atoms with Gasteiger partial charge in [-0.3, -0.25) is 0 Å². The molecule has 0 saturated carbocycles. The number of aromatic nitrogens is 1. The molecule has 0 amide bonds. The second kappa shape index (κ2) is 5.35. The monoisotopic (exact) mass is 247 g/mol. The molecule has 0 unspecified atom stereocenters. The summed E-state index contributed by atoms with van der Waals surface area (Å²) in [6.45, 7) is 2.08. The minimum absolute atomic E-state index is 0.0993. The van der Waals surface area contributed by atoms with Crippen LogP contribution < -0.4 is 10.6 Å². The summed E-state index contributed by atoms with van der Waals surface area (Å²) in [6.07, 6.45) is -4.98. The maximum Gasteiger partial charge on any atom is 0.390 e. The van der Waals surface area contributed by atoms with Gasteiger partial charge in [0, 0.05) is 25.8 Å². The number of pyridine rings is 1. The SMILES string of the molecule is Cc1nc(N(C)CCC(F)(F)F)ccc1CN. The van der Waals surface area contributed by atoms with Crippen LogP contribution in [0.3, 0.4) is 0 Å². The molecule has 0 bridgehead atoms. The van der Waals surface area contributed by atoms with Gasteiger partial charge in [-0.15, -0.1) is 0 Å². The van der Waals surface area contributed by atoms with Gasteiger partial charge in [0.05, 0.1) is 6.42 Å². The fourth-order valence-corrected chi connectivity index (χ4v) is 1.41. The summed E-state index contributed by atoms with van der Waals surface area (Å²) in [5, 5.41) is 0. The number of hydrogen-bond donors (Lipinski definition) is 1. The maximum absolute atomic E-state index is 12.1. The molecule has 96 valence electrons. The molecule has 0 spiro atoms. The predicted octanol–water partition coefficient (Wildman–Crippen LogP) is 2.24. The number of hydrogen-bond acceptors (Lipinski definition) is 3. The van der Waals surface area contributed by atoms with Crippen LogP contribution >= 0.6 is 0 Å². The van der Waals surface area contributed by atoms with Crippen molar-refractivity contribution in [2.24, 2.45) is 5.73 Å². The van der Waals surface area contributed by atoms with Crippen molar-refractivity contribution in [3.05, 3.63) is 23.4 Å². The van der Waals surface area contributed by atoms with E-state index in [9.17, 15) is 13.2 Å². The Kier molecular flexibility index (Phi) is 4.34. The number of nitrogens with zero attached hydrogens (tertiary/aromatic N) is 2. The molecule has 1 rings (SSSR count). The Labute approximate surface area is 98.4 Å². The van der Waals surface area contributed by atoms with Crippen LogP contribution in [-0.2, 0) is 6.54 Å². The second-order valence-electron chi connectivity index (χ2n) is 3.90. The molecule has 2 N–H and O–H groups in total. The van der Waals surface area contributed by atoms with Crippen molar-refractivity contribution in [1.82, 2.24) is 4.98 Å². The molecule has 0 radical (unpaired) electrons. The number of rotatable bonds is 4. The fourth-order valence-electron chi connectivity index (χ4n) is 1.41. The van der Waals surface area contributed by atoms with E-state index in [1.807, 2.05) is 0 Å². The van der Waals surface area contributed by atoms with E-state index in [0.29, 0.717) is 12.4 Å². The first-order valence-electron chi connectivity index (χ1n) is 5.28. The number of anilines is 1. The Hall–Kier alpha value is -1.30. The Morgan fingerprint density at radius 3 is 2.47 bits per heavy atom. The zero-order chi connectivity index (χ0) is 13.1. The van der Waals surface area contributed by atoms with E-state index >= 15 is 0 Å². The highest BCUT2D eigenvalue weighted by Gasteiger charge is 2.27. The second-order valence-corrected chi connectivity index (χ2v) is 3.90. The smallest absolute Gasteiger partial charge is 0.359 e. The number of nitrogens with two attached hydrogens (primary N) is 1. The van der Waals surface area contributed by atoms with Crippen molar-refractivity contribution >= 4 is 5.82 Å². The zero-order valence-corrected chi connectivity index (χ0v) is 9.88. The molecular weight excluding hydrogens is 231 g/mol. The summed E-state index contributed by atoms with van der Waals surface area (Å²) < 4.78 is 36.2. The number of alkyl halides is 3. The molecule has 1 heterocycles. The first-order chi connectivity index (χ1) is 7.83. The van der Waals surface area contributed by atoms with Gasteiger partial charge in [0.1, 0.15) is 5.82 Å². The Morgan fingerprint density at radius 1 is 1.35 bits per heavy atom. The molecule has 1 aromatic heterocycles. The van der Waals surface area contributed by atoms with Gasteiger partial charge in [0.25, 0.3) is 0 Å². The maximum atomic E-state index is 12.1. The molecular formula is C11H16F3N3. The average Bonchev–Trinajstić information content (AvgIpc) is 2.24. The van der Waals surface area contributed by atoms with Crippen LogP contribution in [0.15, 0.2) is 12.1 Å². The first kappa shape index (κ1) is 13.8. The standard InChI is InChI=1S/C11H16F3N3/c1-8-9(7-15)3-4-10(16-8)17(2)6-5-11(12,13)14/h3-4H,5-7,15H2,1-2H3. The number of halogens is 3. The van der Waals surface area contributed by atoms with Crippen LogP contribution in [0.5, 0.6) is 0 Å². The molecule has 0 fully saturated rings. The number of aryl methyl sites for hydroxylation is 1. The summed E-state index contributed by atoms with van der Waals surface area (Å²) in [5.74, 6) is 0.531. The van der Waals surface area contributed by atoms with Crippen LogP contribution in [0.1, 0.15) is 17.7 Å². The van der Waals surface area contributed by atoms with E-state index in [1.165, 1.54) is 4.90 Å². The molecule has 17 heavy (non-hydrogen) atoms. The van der Waals surface area contributed by atoms with Gasteiger partial charge in [-0.05, 0) is 18.6 Å². The highest BCUT2D eigenvalue weighted by Crippen LogP contribution is 2.21. The minimum atomic E-state index is -4.14. The molecule has 3 nitrogen and oxygen atoms in total. The third kappa shape index (κ3) is 4.22. The molecule has 0 saturated heterocycles. The normalized spacial score (nSPS) is 11.6. The summed E-state index contributed by atoms with van der Waals surface area (Å²) in [4.78, 5) is 5.71. The molecule has 0 aliphatic carbocycles. The van der Waals surface area contributed by atoms with Crippen molar-refractivity contribution in [3.63, 3.8) is 0 Å². The van der Waals surface area contributed by atoms with E-state index in [4.69, 9.17) is 5.73 Å². The third-order valence-electron chi connectivity index (χ3n) is 2.52. The van der Waals surface area contributed by atoms with Gasteiger partial charge in [-0.2, -0.15) is 13.2 Å². The molecule has 0 aliphatic heterocycles. The summed E-state index contributed by atoms with van der Waals surface area (Å²) in [7, 11) is 1.59. The van der Waals surface area contributed by atoms with E-state index in [0.717, 1.165) is 11.3 Å². The zero-order valence-electron chi connectivity index (χ0n) is 9.88. The van der Waals surface area contributed by atoms with Crippen LogP contribution in [0.2, 0.25) is 0 Å². The molecule has 6 heteroatoms. The van der Waals surface area contributed by atoms with Gasteiger partial charge < -0.3 is 10.6 Å². The minimum Gasteiger partial charge on any atom is -0.359 e. The van der Waals surface area contributed by atoms with Crippen molar-refractivity contribution < 1.29 is 13.2 Å². The third-order valence-corrected chi connectivity index (χ3v) is 2.52. The molecule has 0 atom stereocenters. The van der Waals surface area contributed by atoms with Gasteiger partial charge in [0.15, 0.2) is 0 Å². The van der Waals surface area contributed by atoms with Crippen LogP contribution in [-0.4, -0.2) is 24.8 Å². The van der Waals surface area contributed by atoms with Gasteiger partial charge in [0.2, 0.25) is 0 Å². The van der Waals surface area contributed by atoms with Gasteiger partial charge in [-0.1, -0.05) is 6.07 Å². The lowest BCUT2D eigenvalue weighted by Crippen LogP contribution is -2.25. The molecule has 0 aromatic carbocycles. The largest absolute Gasteiger partial charge is 0.390 e. The van der Waals surface area contributed by atoms with E-state index in [1.54, 1.807) is 26.1 Å². The van der Waals surface area contributed by atoms with E-state index < -0.39 is 12.6 Å². The Bertz CT molecular complexity index is 377. The van der Waals surface area contributed by atoms with Crippen LogP contribution in [0.4, 0.5) is 19.0 Å². The molecule has 1 aromatic rings. The van der Waals surface area contributed by atoms with Crippen LogP contribution in [0.25, 0.3) is 0 Å². The Morgan fingerprint density at radius 2 is 2.00 bits per heavy atom. The van der Waals surface area contributed by atoms with Gasteiger partial charge >= 0.3 is 6.18 Å². The van der Waals surface area contributed by atoms with Crippen molar-refractivity contribution in [1.29, 1.82) is 0 Å². The lowest BCUT2D eigenvalue weighted by molar-refractivity contribution is -0.132.